The van der Waals surface area contributed by atoms with Gasteiger partial charge in [-0.05, 0) is 24.4 Å². The number of hydrogen-bond acceptors (Lipinski definition) is 6. The van der Waals surface area contributed by atoms with Crippen LogP contribution in [-0.4, -0.2) is 32.0 Å². The third-order valence-electron chi connectivity index (χ3n) is 4.47. The minimum Gasteiger partial charge on any atom is -0.351 e. The molecule has 1 N–H and O–H groups in total. The topological polar surface area (TPSA) is 75.9 Å². The first kappa shape index (κ1) is 16.7. The fourth-order valence-electron chi connectivity index (χ4n) is 3.17. The number of carbonyl (C=O) groups excluding carboxylic acids is 1. The lowest BCUT2D eigenvalue weighted by atomic mass is 10.2. The zero-order chi connectivity index (χ0) is 17.9. The van der Waals surface area contributed by atoms with Crippen LogP contribution in [0.5, 0.6) is 0 Å². The summed E-state index contributed by atoms with van der Waals surface area (Å²) in [5.74, 6) is 1.65. The lowest BCUT2D eigenvalue weighted by Gasteiger charge is -2.33. The Morgan fingerprint density at radius 3 is 2.92 bits per heavy atom. The minimum atomic E-state index is -0.00949. The molecule has 0 saturated carbocycles. The van der Waals surface area contributed by atoms with Crippen molar-refractivity contribution in [3.05, 3.63) is 58.6 Å². The predicted octanol–water partition coefficient (Wildman–Crippen LogP) is 2.17. The minimum absolute atomic E-state index is 0.00949. The zero-order valence-electron chi connectivity index (χ0n) is 14.5. The summed E-state index contributed by atoms with van der Waals surface area (Å²) in [5, 5.41) is 4.96. The summed E-state index contributed by atoms with van der Waals surface area (Å²) in [6.45, 7) is 4.29. The molecule has 1 unspecified atom stereocenters. The van der Waals surface area contributed by atoms with E-state index in [-0.39, 0.29) is 11.9 Å². The van der Waals surface area contributed by atoms with Crippen molar-refractivity contribution in [1.82, 2.24) is 24.8 Å². The second-order valence-electron chi connectivity index (χ2n) is 6.23. The molecular weight excluding hydrogens is 348 g/mol. The Labute approximate surface area is 155 Å². The number of fused-ring (bicyclic) bond motifs is 1. The van der Waals surface area contributed by atoms with Crippen molar-refractivity contribution < 1.29 is 4.79 Å². The molecular formula is C18H20N6OS. The van der Waals surface area contributed by atoms with Crippen molar-refractivity contribution in [3.8, 4) is 0 Å². The Kier molecular flexibility index (Phi) is 4.66. The van der Waals surface area contributed by atoms with Crippen molar-refractivity contribution in [2.24, 2.45) is 0 Å². The van der Waals surface area contributed by atoms with E-state index in [9.17, 15) is 4.79 Å². The van der Waals surface area contributed by atoms with E-state index in [1.54, 1.807) is 23.7 Å². The molecule has 0 aliphatic carbocycles. The smallest absolute Gasteiger partial charge is 0.226 e. The first-order chi connectivity index (χ1) is 12.7. The molecule has 7 nitrogen and oxygen atoms in total. The van der Waals surface area contributed by atoms with E-state index in [2.05, 4.69) is 31.7 Å². The molecule has 3 aromatic rings. The van der Waals surface area contributed by atoms with Gasteiger partial charge in [0.15, 0.2) is 0 Å². The Balaban J connectivity index is 1.43. The van der Waals surface area contributed by atoms with Crippen LogP contribution in [0, 0.1) is 0 Å². The van der Waals surface area contributed by atoms with E-state index in [0.717, 1.165) is 29.5 Å². The third kappa shape index (κ3) is 3.45. The van der Waals surface area contributed by atoms with Gasteiger partial charge in [0.2, 0.25) is 11.9 Å². The van der Waals surface area contributed by atoms with Gasteiger partial charge in [-0.25, -0.2) is 15.0 Å². The number of nitrogens with zero attached hydrogens (tertiary/aromatic N) is 5. The number of imidazole rings is 1. The second-order valence-corrected chi connectivity index (χ2v) is 7.27. The molecule has 0 aromatic carbocycles. The van der Waals surface area contributed by atoms with Crippen molar-refractivity contribution in [2.45, 2.75) is 32.5 Å². The van der Waals surface area contributed by atoms with Crippen LogP contribution < -0.4 is 10.2 Å². The van der Waals surface area contributed by atoms with Crippen LogP contribution in [0.15, 0.2) is 42.2 Å². The Hall–Kier alpha value is -2.74. The quantitative estimate of drug-likeness (QED) is 0.747. The Morgan fingerprint density at radius 1 is 1.31 bits per heavy atom. The lowest BCUT2D eigenvalue weighted by molar-refractivity contribution is -0.120. The van der Waals surface area contributed by atoms with Crippen molar-refractivity contribution in [3.63, 3.8) is 0 Å². The number of nitrogens with one attached hydrogen (secondary N) is 1. The largest absolute Gasteiger partial charge is 0.351 e. The standard InChI is InChI=1S/C18H20N6OS/c1-13-17-22-14(10-16(25)21-11-15-4-2-9-26-15)12-23(17)7-8-24(13)18-19-5-3-6-20-18/h2-6,9,12-13H,7-8,10-11H2,1H3,(H,21,25). The van der Waals surface area contributed by atoms with Gasteiger partial charge in [-0.1, -0.05) is 6.07 Å². The fraction of sp³-hybridized carbons (Fsp3) is 0.333. The van der Waals surface area contributed by atoms with Gasteiger partial charge < -0.3 is 14.8 Å². The molecule has 0 spiro atoms. The van der Waals surface area contributed by atoms with Gasteiger partial charge in [-0.2, -0.15) is 0 Å². The molecule has 26 heavy (non-hydrogen) atoms. The highest BCUT2D eigenvalue weighted by Crippen LogP contribution is 2.27. The molecule has 4 heterocycles. The van der Waals surface area contributed by atoms with Gasteiger partial charge in [-0.3, -0.25) is 4.79 Å². The summed E-state index contributed by atoms with van der Waals surface area (Å²) in [6, 6.07) is 5.88. The first-order valence-corrected chi connectivity index (χ1v) is 9.47. The molecule has 8 heteroatoms. The maximum Gasteiger partial charge on any atom is 0.226 e. The van der Waals surface area contributed by atoms with Crippen LogP contribution in [0.3, 0.4) is 0 Å². The molecule has 1 amide bonds. The summed E-state index contributed by atoms with van der Waals surface area (Å²) >= 11 is 1.64. The maximum atomic E-state index is 12.2. The van der Waals surface area contributed by atoms with Crippen LogP contribution in [0.25, 0.3) is 0 Å². The molecule has 134 valence electrons. The normalized spacial score (nSPS) is 16.3. The summed E-state index contributed by atoms with van der Waals surface area (Å²) in [7, 11) is 0. The molecule has 0 saturated heterocycles. The predicted molar refractivity (Wildman–Crippen MR) is 99.9 cm³/mol. The van der Waals surface area contributed by atoms with Gasteiger partial charge >= 0.3 is 0 Å². The van der Waals surface area contributed by atoms with Gasteiger partial charge in [-0.15, -0.1) is 11.3 Å². The SMILES string of the molecule is CC1c2nc(CC(=O)NCc3cccs3)cn2CCN1c1ncccn1. The monoisotopic (exact) mass is 368 g/mol. The maximum absolute atomic E-state index is 12.2. The summed E-state index contributed by atoms with van der Waals surface area (Å²) in [5.41, 5.74) is 0.798. The van der Waals surface area contributed by atoms with Crippen LogP contribution in [0.2, 0.25) is 0 Å². The summed E-state index contributed by atoms with van der Waals surface area (Å²) in [4.78, 5) is 28.9. The number of carbonyl (C=O) groups is 1. The van der Waals surface area contributed by atoms with Crippen LogP contribution in [0.1, 0.15) is 29.4 Å². The number of hydrogen-bond donors (Lipinski definition) is 1. The average molecular weight is 368 g/mol. The van der Waals surface area contributed by atoms with Crippen molar-refractivity contribution in [1.29, 1.82) is 0 Å². The summed E-state index contributed by atoms with van der Waals surface area (Å²) < 4.78 is 2.13. The molecule has 0 fully saturated rings. The number of anilines is 1. The molecule has 1 aliphatic rings. The third-order valence-corrected chi connectivity index (χ3v) is 5.35. The van der Waals surface area contributed by atoms with E-state index in [1.807, 2.05) is 29.8 Å². The number of rotatable bonds is 5. The molecule has 1 atom stereocenters. The highest BCUT2D eigenvalue weighted by Gasteiger charge is 2.28. The molecule has 4 rings (SSSR count). The van der Waals surface area contributed by atoms with Gasteiger partial charge in [0.05, 0.1) is 24.7 Å². The van der Waals surface area contributed by atoms with Crippen molar-refractivity contribution >= 4 is 23.2 Å². The van der Waals surface area contributed by atoms with Crippen LogP contribution in [-0.2, 0) is 24.3 Å². The molecule has 0 radical (unpaired) electrons. The van der Waals surface area contributed by atoms with Crippen molar-refractivity contribution in [2.75, 3.05) is 11.4 Å². The van der Waals surface area contributed by atoms with E-state index in [0.29, 0.717) is 18.9 Å². The van der Waals surface area contributed by atoms with E-state index in [4.69, 9.17) is 4.98 Å². The highest BCUT2D eigenvalue weighted by atomic mass is 32.1. The lowest BCUT2D eigenvalue weighted by Crippen LogP contribution is -2.37. The molecule has 0 bridgehead atoms. The summed E-state index contributed by atoms with van der Waals surface area (Å²) in [6.07, 6.45) is 5.78. The molecule has 1 aliphatic heterocycles. The van der Waals surface area contributed by atoms with E-state index in [1.165, 1.54) is 0 Å². The van der Waals surface area contributed by atoms with Crippen LogP contribution >= 0.6 is 11.3 Å². The van der Waals surface area contributed by atoms with E-state index >= 15 is 0 Å². The first-order valence-electron chi connectivity index (χ1n) is 8.59. The molecule has 3 aromatic heterocycles. The van der Waals surface area contributed by atoms with Gasteiger partial charge in [0.25, 0.3) is 0 Å². The highest BCUT2D eigenvalue weighted by molar-refractivity contribution is 7.09. The number of aromatic nitrogens is 4. The average Bonchev–Trinajstić information content (AvgIpc) is 3.31. The second kappa shape index (κ2) is 7.25. The zero-order valence-corrected chi connectivity index (χ0v) is 15.3. The Bertz CT molecular complexity index is 876. The fourth-order valence-corrected chi connectivity index (χ4v) is 3.82. The van der Waals surface area contributed by atoms with Gasteiger partial charge in [0.1, 0.15) is 5.82 Å². The number of amides is 1. The number of thiophene rings is 1. The Morgan fingerprint density at radius 2 is 2.15 bits per heavy atom. The van der Waals surface area contributed by atoms with Crippen LogP contribution in [0.4, 0.5) is 5.95 Å². The van der Waals surface area contributed by atoms with Gasteiger partial charge in [0, 0.05) is 36.6 Å². The van der Waals surface area contributed by atoms with E-state index < -0.39 is 0 Å².